The Morgan fingerprint density at radius 3 is 1.50 bits per heavy atom. The molecule has 0 saturated carbocycles. The fourth-order valence-electron chi connectivity index (χ4n) is 3.84. The fourth-order valence-corrected chi connectivity index (χ4v) is 6.46. The molecule has 5 N–H and O–H groups in total. The molecule has 0 aliphatic rings. The summed E-state index contributed by atoms with van der Waals surface area (Å²) in [4.78, 5) is 11.1. The van der Waals surface area contributed by atoms with Crippen molar-refractivity contribution in [3.8, 4) is 0 Å². The van der Waals surface area contributed by atoms with E-state index >= 15 is 0 Å². The first kappa shape index (κ1) is 34.0. The molecule has 0 aromatic rings. The molecule has 5 nitrogen and oxygen atoms in total. The molecule has 0 bridgehead atoms. The zero-order chi connectivity index (χ0) is 25.1. The predicted octanol–water partition coefficient (Wildman–Crippen LogP) is 6.65. The molecule has 0 fully saturated rings. The smallest absolute Gasteiger partial charge is 0.320 e. The number of nitrogens with two attached hydrogens (primary N) is 1. The van der Waals surface area contributed by atoms with E-state index < -0.39 is 12.0 Å². The van der Waals surface area contributed by atoms with Gasteiger partial charge in [0.1, 0.15) is 6.04 Å². The van der Waals surface area contributed by atoms with Gasteiger partial charge in [0, 0.05) is 24.6 Å². The second kappa shape index (κ2) is 27.6. The molecule has 0 unspecified atom stereocenters. The Morgan fingerprint density at radius 2 is 1.09 bits per heavy atom. The predicted molar refractivity (Wildman–Crippen MR) is 155 cm³/mol. The molecule has 0 aliphatic carbocycles. The van der Waals surface area contributed by atoms with E-state index in [2.05, 4.69) is 24.5 Å². The maximum absolute atomic E-state index is 11.1. The van der Waals surface area contributed by atoms with Crippen molar-refractivity contribution in [2.45, 2.75) is 127 Å². The molecule has 204 valence electrons. The van der Waals surface area contributed by atoms with E-state index in [-0.39, 0.29) is 0 Å². The van der Waals surface area contributed by atoms with Gasteiger partial charge in [-0.25, -0.2) is 0 Å². The normalized spacial score (nSPS) is 12.5. The van der Waals surface area contributed by atoms with E-state index in [1.807, 2.05) is 23.5 Å². The highest BCUT2D eigenvalue weighted by atomic mass is 32.2. The number of aliphatic carboxylic acids is 1. The molecule has 34 heavy (non-hydrogen) atoms. The molecule has 0 heterocycles. The lowest BCUT2D eigenvalue weighted by Gasteiger charge is -2.18. The Bertz CT molecular complexity index is 405. The number of nitrogens with one attached hydrogen (secondary N) is 2. The molecule has 0 radical (unpaired) electrons. The average Bonchev–Trinajstić information content (AvgIpc) is 2.83. The van der Waals surface area contributed by atoms with Gasteiger partial charge in [0.15, 0.2) is 0 Å². The topological polar surface area (TPSA) is 87.4 Å². The second-order valence-electron chi connectivity index (χ2n) is 9.44. The van der Waals surface area contributed by atoms with E-state index in [0.717, 1.165) is 44.1 Å². The second-order valence-corrected chi connectivity index (χ2v) is 12.4. The van der Waals surface area contributed by atoms with Crippen LogP contribution in [-0.2, 0) is 4.79 Å². The van der Waals surface area contributed by atoms with Crippen molar-refractivity contribution in [1.82, 2.24) is 10.6 Å². The molecule has 0 spiro atoms. The van der Waals surface area contributed by atoms with Crippen molar-refractivity contribution in [3.63, 3.8) is 0 Å². The van der Waals surface area contributed by atoms with E-state index in [1.54, 1.807) is 0 Å². The molecule has 0 rings (SSSR count). The first-order chi connectivity index (χ1) is 16.6. The van der Waals surface area contributed by atoms with Gasteiger partial charge in [-0.1, -0.05) is 90.9 Å². The number of carboxylic acid groups (broad SMARTS) is 1. The summed E-state index contributed by atoms with van der Waals surface area (Å²) < 4.78 is 0.422. The maximum atomic E-state index is 11.1. The minimum absolute atomic E-state index is 0.422. The van der Waals surface area contributed by atoms with Gasteiger partial charge in [-0.2, -0.15) is 0 Å². The van der Waals surface area contributed by atoms with Crippen molar-refractivity contribution in [1.29, 1.82) is 0 Å². The molecule has 0 aliphatic heterocycles. The van der Waals surface area contributed by atoms with Crippen LogP contribution in [0, 0.1) is 0 Å². The number of hydrogen-bond acceptors (Lipinski definition) is 6. The Kier molecular flexibility index (Phi) is 27.7. The van der Waals surface area contributed by atoms with Crippen molar-refractivity contribution in [2.24, 2.45) is 5.73 Å². The number of carbonyl (C=O) groups is 1. The molecular formula is C27H57N3O2S2. The number of thioether (sulfide) groups is 2. The Balaban J connectivity index is 3.82. The molecule has 0 saturated heterocycles. The van der Waals surface area contributed by atoms with Crippen molar-refractivity contribution < 1.29 is 9.90 Å². The summed E-state index contributed by atoms with van der Waals surface area (Å²) in [6.45, 7) is 8.80. The third-order valence-corrected chi connectivity index (χ3v) is 9.02. The van der Waals surface area contributed by atoms with Crippen LogP contribution in [0.25, 0.3) is 0 Å². The van der Waals surface area contributed by atoms with Gasteiger partial charge in [-0.15, -0.1) is 23.5 Å². The number of unbranched alkanes of at least 4 members (excludes halogenated alkanes) is 12. The van der Waals surface area contributed by atoms with Crippen LogP contribution in [0.15, 0.2) is 0 Å². The first-order valence-corrected chi connectivity index (χ1v) is 16.3. The number of carboxylic acids is 1. The molecule has 7 heteroatoms. The average molecular weight is 520 g/mol. The monoisotopic (exact) mass is 519 g/mol. The number of hydrogen-bond donors (Lipinski definition) is 4. The minimum atomic E-state index is -0.888. The Labute approximate surface area is 220 Å². The van der Waals surface area contributed by atoms with Gasteiger partial charge < -0.3 is 21.5 Å². The number of rotatable bonds is 28. The van der Waals surface area contributed by atoms with Crippen LogP contribution in [0.2, 0.25) is 0 Å². The lowest BCUT2D eigenvalue weighted by Crippen LogP contribution is -2.30. The van der Waals surface area contributed by atoms with Crippen LogP contribution in [0.4, 0.5) is 0 Å². The minimum Gasteiger partial charge on any atom is -0.480 e. The van der Waals surface area contributed by atoms with E-state index in [1.165, 1.54) is 89.9 Å². The van der Waals surface area contributed by atoms with Gasteiger partial charge in [0.2, 0.25) is 0 Å². The van der Waals surface area contributed by atoms with Crippen LogP contribution in [0.3, 0.4) is 0 Å². The highest BCUT2D eigenvalue weighted by Gasteiger charge is 2.16. The SMILES string of the molecule is CCCCCCCCCNCCSC(CC[C@@H](N)C(=O)O)SCCNCCCCCCCCC. The Hall–Kier alpha value is 0.0500. The van der Waals surface area contributed by atoms with E-state index in [4.69, 9.17) is 10.8 Å². The Morgan fingerprint density at radius 1 is 0.676 bits per heavy atom. The zero-order valence-corrected chi connectivity index (χ0v) is 24.1. The summed E-state index contributed by atoms with van der Waals surface area (Å²) in [7, 11) is 0. The summed E-state index contributed by atoms with van der Waals surface area (Å²) >= 11 is 3.92. The van der Waals surface area contributed by atoms with Crippen LogP contribution in [-0.4, -0.2) is 59.4 Å². The summed E-state index contributed by atoms with van der Waals surface area (Å²) in [5, 5.41) is 16.2. The zero-order valence-electron chi connectivity index (χ0n) is 22.5. The molecule has 0 aromatic carbocycles. The van der Waals surface area contributed by atoms with Crippen molar-refractivity contribution in [3.05, 3.63) is 0 Å². The molecule has 0 aromatic heterocycles. The van der Waals surface area contributed by atoms with Gasteiger partial charge in [0.25, 0.3) is 0 Å². The van der Waals surface area contributed by atoms with Crippen LogP contribution < -0.4 is 16.4 Å². The maximum Gasteiger partial charge on any atom is 0.320 e. The fraction of sp³-hybridized carbons (Fsp3) is 0.963. The van der Waals surface area contributed by atoms with E-state index in [0.29, 0.717) is 11.0 Å². The first-order valence-electron chi connectivity index (χ1n) is 14.2. The van der Waals surface area contributed by atoms with E-state index in [9.17, 15) is 4.79 Å². The highest BCUT2D eigenvalue weighted by molar-refractivity contribution is 8.17. The summed E-state index contributed by atoms with van der Waals surface area (Å²) in [5.41, 5.74) is 5.74. The van der Waals surface area contributed by atoms with Gasteiger partial charge >= 0.3 is 5.97 Å². The highest BCUT2D eigenvalue weighted by Crippen LogP contribution is 2.28. The molecule has 1 atom stereocenters. The van der Waals surface area contributed by atoms with Crippen LogP contribution in [0.1, 0.15) is 117 Å². The van der Waals surface area contributed by atoms with Crippen molar-refractivity contribution >= 4 is 29.5 Å². The van der Waals surface area contributed by atoms with Gasteiger partial charge in [0.05, 0.1) is 4.58 Å². The van der Waals surface area contributed by atoms with Gasteiger partial charge in [-0.3, -0.25) is 4.79 Å². The summed E-state index contributed by atoms with van der Waals surface area (Å²) in [6.07, 6.45) is 20.3. The van der Waals surface area contributed by atoms with Crippen LogP contribution >= 0.6 is 23.5 Å². The third-order valence-electron chi connectivity index (χ3n) is 6.11. The largest absolute Gasteiger partial charge is 0.480 e. The van der Waals surface area contributed by atoms with Crippen molar-refractivity contribution in [2.75, 3.05) is 37.7 Å². The third kappa shape index (κ3) is 25.2. The molecule has 0 amide bonds. The summed E-state index contributed by atoms with van der Waals surface area (Å²) in [5.74, 6) is 1.26. The summed E-state index contributed by atoms with van der Waals surface area (Å²) in [6, 6.07) is -0.741. The molecular weight excluding hydrogens is 462 g/mol. The quantitative estimate of drug-likeness (QED) is 0.0679. The van der Waals surface area contributed by atoms with Crippen LogP contribution in [0.5, 0.6) is 0 Å². The standard InChI is InChI=1S/C27H57N3O2S2/c1-3-5-7-9-11-13-15-19-29-21-23-33-26(18-17-25(28)27(31)32)34-24-22-30-20-16-14-12-10-8-6-4-2/h25-26,29-30H,3-24,28H2,1-2H3,(H,31,32)/t25-/m1/s1. The lowest BCUT2D eigenvalue weighted by atomic mass is 10.1. The van der Waals surface area contributed by atoms with Gasteiger partial charge in [-0.05, 0) is 38.8 Å². The lowest BCUT2D eigenvalue weighted by molar-refractivity contribution is -0.138.